The van der Waals surface area contributed by atoms with Gasteiger partial charge in [0, 0.05) is 11.7 Å². The number of hydrogen-bond donors (Lipinski definition) is 1. The van der Waals surface area contributed by atoms with Gasteiger partial charge in [0.1, 0.15) is 5.82 Å². The van der Waals surface area contributed by atoms with Crippen LogP contribution >= 0.6 is 0 Å². The SMILES string of the molecule is Cc1ccc(F)cc1NC(C)C1CCN(C)CC1. The number of nitrogens with zero attached hydrogens (tertiary/aromatic N) is 1. The third-order valence-corrected chi connectivity index (χ3v) is 4.05. The second-order valence-electron chi connectivity index (χ2n) is 5.53. The quantitative estimate of drug-likeness (QED) is 0.885. The Balaban J connectivity index is 1.98. The number of hydrogen-bond acceptors (Lipinski definition) is 2. The van der Waals surface area contributed by atoms with Crippen LogP contribution in [0.2, 0.25) is 0 Å². The van der Waals surface area contributed by atoms with Gasteiger partial charge in [-0.15, -0.1) is 0 Å². The van der Waals surface area contributed by atoms with Crippen LogP contribution in [0.25, 0.3) is 0 Å². The number of benzene rings is 1. The van der Waals surface area contributed by atoms with Crippen molar-refractivity contribution in [2.45, 2.75) is 32.7 Å². The molecule has 100 valence electrons. The fourth-order valence-electron chi connectivity index (χ4n) is 2.64. The number of halogens is 1. The molecule has 0 radical (unpaired) electrons. The summed E-state index contributed by atoms with van der Waals surface area (Å²) in [6, 6.07) is 5.35. The van der Waals surface area contributed by atoms with Crippen LogP contribution in [0.4, 0.5) is 10.1 Å². The van der Waals surface area contributed by atoms with Crippen molar-refractivity contribution >= 4 is 5.69 Å². The molecule has 0 spiro atoms. The van der Waals surface area contributed by atoms with Crippen molar-refractivity contribution in [3.05, 3.63) is 29.6 Å². The molecule has 1 unspecified atom stereocenters. The number of anilines is 1. The van der Waals surface area contributed by atoms with Crippen molar-refractivity contribution in [3.8, 4) is 0 Å². The second kappa shape index (κ2) is 5.70. The van der Waals surface area contributed by atoms with Gasteiger partial charge >= 0.3 is 0 Å². The lowest BCUT2D eigenvalue weighted by molar-refractivity contribution is 0.208. The van der Waals surface area contributed by atoms with Crippen LogP contribution in [-0.4, -0.2) is 31.1 Å². The monoisotopic (exact) mass is 250 g/mol. The summed E-state index contributed by atoms with van der Waals surface area (Å²) in [7, 11) is 2.17. The van der Waals surface area contributed by atoms with Gasteiger partial charge in [-0.3, -0.25) is 0 Å². The molecule has 1 saturated heterocycles. The van der Waals surface area contributed by atoms with E-state index in [1.807, 2.05) is 13.0 Å². The van der Waals surface area contributed by atoms with Crippen LogP contribution in [0, 0.1) is 18.7 Å². The van der Waals surface area contributed by atoms with Crippen molar-refractivity contribution < 1.29 is 4.39 Å². The molecule has 1 aliphatic heterocycles. The first-order valence-corrected chi connectivity index (χ1v) is 6.77. The van der Waals surface area contributed by atoms with Gasteiger partial charge in [0.15, 0.2) is 0 Å². The van der Waals surface area contributed by atoms with Gasteiger partial charge in [-0.1, -0.05) is 6.07 Å². The molecular formula is C15H23FN2. The van der Waals surface area contributed by atoms with Crippen LogP contribution in [0.15, 0.2) is 18.2 Å². The van der Waals surface area contributed by atoms with E-state index in [-0.39, 0.29) is 5.82 Å². The van der Waals surface area contributed by atoms with Gasteiger partial charge in [0.05, 0.1) is 0 Å². The van der Waals surface area contributed by atoms with Gasteiger partial charge in [0.25, 0.3) is 0 Å². The Bertz CT molecular complexity index is 397. The highest BCUT2D eigenvalue weighted by Crippen LogP contribution is 2.24. The van der Waals surface area contributed by atoms with E-state index in [9.17, 15) is 4.39 Å². The molecule has 0 saturated carbocycles. The Morgan fingerprint density at radius 2 is 2.00 bits per heavy atom. The fourth-order valence-corrected chi connectivity index (χ4v) is 2.64. The lowest BCUT2D eigenvalue weighted by Gasteiger charge is -2.33. The molecule has 0 bridgehead atoms. The molecule has 1 aromatic rings. The topological polar surface area (TPSA) is 15.3 Å². The largest absolute Gasteiger partial charge is 0.382 e. The highest BCUT2D eigenvalue weighted by Gasteiger charge is 2.22. The maximum atomic E-state index is 13.2. The minimum atomic E-state index is -0.168. The van der Waals surface area contributed by atoms with Crippen LogP contribution in [-0.2, 0) is 0 Å². The Kier molecular flexibility index (Phi) is 4.23. The molecule has 1 fully saturated rings. The third kappa shape index (κ3) is 3.22. The molecule has 2 rings (SSSR count). The van der Waals surface area contributed by atoms with E-state index in [2.05, 4.69) is 24.2 Å². The zero-order valence-corrected chi connectivity index (χ0v) is 11.5. The maximum Gasteiger partial charge on any atom is 0.125 e. The van der Waals surface area contributed by atoms with Crippen molar-refractivity contribution in [1.82, 2.24) is 4.90 Å². The van der Waals surface area contributed by atoms with Crippen LogP contribution in [0.5, 0.6) is 0 Å². The van der Waals surface area contributed by atoms with E-state index in [4.69, 9.17) is 0 Å². The number of aryl methyl sites for hydroxylation is 1. The zero-order valence-electron chi connectivity index (χ0n) is 11.5. The molecule has 1 aliphatic rings. The van der Waals surface area contributed by atoms with E-state index in [0.29, 0.717) is 12.0 Å². The third-order valence-electron chi connectivity index (χ3n) is 4.05. The van der Waals surface area contributed by atoms with Crippen molar-refractivity contribution in [2.24, 2.45) is 5.92 Å². The number of piperidine rings is 1. The first kappa shape index (κ1) is 13.3. The molecule has 1 aromatic carbocycles. The Labute approximate surface area is 109 Å². The summed E-state index contributed by atoms with van der Waals surface area (Å²) in [6.07, 6.45) is 2.44. The molecule has 1 heterocycles. The maximum absolute atomic E-state index is 13.2. The summed E-state index contributed by atoms with van der Waals surface area (Å²) < 4.78 is 13.2. The van der Waals surface area contributed by atoms with Crippen molar-refractivity contribution in [3.63, 3.8) is 0 Å². The normalized spacial score (nSPS) is 19.8. The Morgan fingerprint density at radius 3 is 2.67 bits per heavy atom. The van der Waals surface area contributed by atoms with E-state index >= 15 is 0 Å². The summed E-state index contributed by atoms with van der Waals surface area (Å²) in [4.78, 5) is 2.37. The summed E-state index contributed by atoms with van der Waals surface area (Å²) in [5.41, 5.74) is 2.04. The molecule has 1 N–H and O–H groups in total. The smallest absolute Gasteiger partial charge is 0.125 e. The lowest BCUT2D eigenvalue weighted by Crippen LogP contribution is -2.37. The molecular weight excluding hydrogens is 227 g/mol. The standard InChI is InChI=1S/C15H23FN2/c1-11-4-5-14(16)10-15(11)17-12(2)13-6-8-18(3)9-7-13/h4-5,10,12-13,17H,6-9H2,1-3H3. The Morgan fingerprint density at radius 1 is 1.33 bits per heavy atom. The molecule has 3 heteroatoms. The minimum Gasteiger partial charge on any atom is -0.382 e. The second-order valence-corrected chi connectivity index (χ2v) is 5.53. The van der Waals surface area contributed by atoms with E-state index < -0.39 is 0 Å². The van der Waals surface area contributed by atoms with E-state index in [1.165, 1.54) is 32.0 Å². The van der Waals surface area contributed by atoms with Crippen LogP contribution in [0.1, 0.15) is 25.3 Å². The van der Waals surface area contributed by atoms with Crippen molar-refractivity contribution in [2.75, 3.05) is 25.5 Å². The number of rotatable bonds is 3. The average molecular weight is 250 g/mol. The van der Waals surface area contributed by atoms with E-state index in [0.717, 1.165) is 11.3 Å². The summed E-state index contributed by atoms with van der Waals surface area (Å²) in [6.45, 7) is 6.56. The van der Waals surface area contributed by atoms with Gasteiger partial charge in [-0.2, -0.15) is 0 Å². The van der Waals surface area contributed by atoms with Crippen LogP contribution in [0.3, 0.4) is 0 Å². The van der Waals surface area contributed by atoms with Gasteiger partial charge in [0.2, 0.25) is 0 Å². The molecule has 0 aliphatic carbocycles. The van der Waals surface area contributed by atoms with Gasteiger partial charge in [-0.05, 0) is 70.4 Å². The molecule has 18 heavy (non-hydrogen) atoms. The summed E-state index contributed by atoms with van der Waals surface area (Å²) in [5, 5.41) is 3.48. The first-order chi connectivity index (χ1) is 8.56. The highest BCUT2D eigenvalue weighted by molar-refractivity contribution is 5.51. The minimum absolute atomic E-state index is 0.168. The van der Waals surface area contributed by atoms with Gasteiger partial charge < -0.3 is 10.2 Å². The lowest BCUT2D eigenvalue weighted by atomic mass is 9.90. The Hall–Kier alpha value is -1.09. The van der Waals surface area contributed by atoms with Crippen molar-refractivity contribution in [1.29, 1.82) is 0 Å². The van der Waals surface area contributed by atoms with Gasteiger partial charge in [-0.25, -0.2) is 4.39 Å². The molecule has 0 amide bonds. The number of likely N-dealkylation sites (tertiary alicyclic amines) is 1. The summed E-state index contributed by atoms with van der Waals surface area (Å²) in [5.74, 6) is 0.516. The molecule has 1 atom stereocenters. The zero-order chi connectivity index (χ0) is 13.1. The average Bonchev–Trinajstić information content (AvgIpc) is 2.34. The highest BCUT2D eigenvalue weighted by atomic mass is 19.1. The van der Waals surface area contributed by atoms with E-state index in [1.54, 1.807) is 6.07 Å². The molecule has 0 aromatic heterocycles. The first-order valence-electron chi connectivity index (χ1n) is 6.77. The fraction of sp³-hybridized carbons (Fsp3) is 0.600. The number of nitrogens with one attached hydrogen (secondary N) is 1. The molecule has 2 nitrogen and oxygen atoms in total. The summed E-state index contributed by atoms with van der Waals surface area (Å²) >= 11 is 0. The van der Waals surface area contributed by atoms with Crippen LogP contribution < -0.4 is 5.32 Å². The predicted octanol–water partition coefficient (Wildman–Crippen LogP) is 3.28. The predicted molar refractivity (Wildman–Crippen MR) is 74.4 cm³/mol.